The standard InChI is InChI=1S/C17H23BrN4O3/c1-3-25-15(23)8-10-22-11-9-19-16(22)12(2)20-17(24)21-14-6-4-13(18)5-7-14/h4-7,9,11-12,15,23H,3,8,10H2,1-2H3,(H2,20,21,24). The SMILES string of the molecule is CCOC(O)CCn1ccnc1C(C)NC(=O)Nc1ccc(Br)cc1. The van der Waals surface area contributed by atoms with Gasteiger partial charge in [0.05, 0.1) is 6.04 Å². The summed E-state index contributed by atoms with van der Waals surface area (Å²) >= 11 is 3.35. The van der Waals surface area contributed by atoms with Gasteiger partial charge in [-0.05, 0) is 38.1 Å². The highest BCUT2D eigenvalue weighted by molar-refractivity contribution is 9.10. The van der Waals surface area contributed by atoms with Gasteiger partial charge in [-0.1, -0.05) is 15.9 Å². The Morgan fingerprint density at radius 1 is 1.40 bits per heavy atom. The maximum atomic E-state index is 12.1. The number of aryl methyl sites for hydroxylation is 1. The fraction of sp³-hybridized carbons (Fsp3) is 0.412. The summed E-state index contributed by atoms with van der Waals surface area (Å²) in [4.78, 5) is 16.4. The van der Waals surface area contributed by atoms with Crippen molar-refractivity contribution in [3.8, 4) is 0 Å². The first-order valence-corrected chi connectivity index (χ1v) is 8.92. The predicted molar refractivity (Wildman–Crippen MR) is 99.2 cm³/mol. The number of anilines is 1. The average Bonchev–Trinajstić information content (AvgIpc) is 3.04. The summed E-state index contributed by atoms with van der Waals surface area (Å²) in [5.41, 5.74) is 0.705. The van der Waals surface area contributed by atoms with Crippen LogP contribution in [-0.2, 0) is 11.3 Å². The number of hydrogen-bond acceptors (Lipinski definition) is 4. The molecule has 0 radical (unpaired) electrons. The molecule has 1 aromatic carbocycles. The molecular formula is C17H23BrN4O3. The van der Waals surface area contributed by atoms with E-state index in [4.69, 9.17) is 4.74 Å². The molecule has 3 N–H and O–H groups in total. The van der Waals surface area contributed by atoms with Crippen LogP contribution in [0.25, 0.3) is 0 Å². The number of urea groups is 1. The number of imidazole rings is 1. The van der Waals surface area contributed by atoms with Crippen molar-refractivity contribution in [2.45, 2.75) is 39.1 Å². The minimum atomic E-state index is -0.802. The largest absolute Gasteiger partial charge is 0.368 e. The lowest BCUT2D eigenvalue weighted by atomic mass is 10.3. The fourth-order valence-electron chi connectivity index (χ4n) is 2.38. The Bertz CT molecular complexity index is 675. The van der Waals surface area contributed by atoms with Crippen LogP contribution in [-0.4, -0.2) is 33.6 Å². The number of carbonyl (C=O) groups excluding carboxylic acids is 1. The fourth-order valence-corrected chi connectivity index (χ4v) is 2.64. The maximum absolute atomic E-state index is 12.1. The number of aliphatic hydroxyl groups excluding tert-OH is 1. The molecule has 2 amide bonds. The van der Waals surface area contributed by atoms with Crippen LogP contribution in [0.5, 0.6) is 0 Å². The zero-order chi connectivity index (χ0) is 18.2. The molecule has 0 bridgehead atoms. The summed E-state index contributed by atoms with van der Waals surface area (Å²) in [6.45, 7) is 4.71. The summed E-state index contributed by atoms with van der Waals surface area (Å²) in [5.74, 6) is 0.717. The van der Waals surface area contributed by atoms with Gasteiger partial charge in [-0.15, -0.1) is 0 Å². The van der Waals surface area contributed by atoms with Gasteiger partial charge in [0.2, 0.25) is 0 Å². The molecule has 7 nitrogen and oxygen atoms in total. The number of aromatic nitrogens is 2. The van der Waals surface area contributed by atoms with Crippen LogP contribution in [0.1, 0.15) is 32.1 Å². The molecule has 0 fully saturated rings. The van der Waals surface area contributed by atoms with Crippen LogP contribution >= 0.6 is 15.9 Å². The highest BCUT2D eigenvalue weighted by atomic mass is 79.9. The van der Waals surface area contributed by atoms with Gasteiger partial charge >= 0.3 is 6.03 Å². The molecule has 0 aliphatic heterocycles. The van der Waals surface area contributed by atoms with Crippen molar-refractivity contribution in [1.82, 2.24) is 14.9 Å². The number of benzene rings is 1. The maximum Gasteiger partial charge on any atom is 0.319 e. The van der Waals surface area contributed by atoms with Gasteiger partial charge in [-0.25, -0.2) is 9.78 Å². The van der Waals surface area contributed by atoms with Gasteiger partial charge in [0.15, 0.2) is 6.29 Å². The third-order valence-electron chi connectivity index (χ3n) is 3.56. The molecule has 2 unspecified atom stereocenters. The van der Waals surface area contributed by atoms with Gasteiger partial charge in [0.25, 0.3) is 0 Å². The zero-order valence-electron chi connectivity index (χ0n) is 14.3. The quantitative estimate of drug-likeness (QED) is 0.582. The molecule has 2 atom stereocenters. The Balaban J connectivity index is 1.89. The summed E-state index contributed by atoms with van der Waals surface area (Å²) < 4.78 is 7.96. The molecule has 1 aromatic heterocycles. The zero-order valence-corrected chi connectivity index (χ0v) is 15.9. The van der Waals surface area contributed by atoms with Crippen LogP contribution in [0, 0.1) is 0 Å². The van der Waals surface area contributed by atoms with Crippen molar-refractivity contribution in [3.05, 3.63) is 47.0 Å². The van der Waals surface area contributed by atoms with Gasteiger partial charge in [0, 0.05) is 42.1 Å². The van der Waals surface area contributed by atoms with Crippen molar-refractivity contribution in [2.24, 2.45) is 0 Å². The Kier molecular flexibility index (Phi) is 7.42. The molecule has 0 aliphatic rings. The Morgan fingerprint density at radius 2 is 2.12 bits per heavy atom. The lowest BCUT2D eigenvalue weighted by Gasteiger charge is -2.17. The van der Waals surface area contributed by atoms with Crippen molar-refractivity contribution < 1.29 is 14.6 Å². The van der Waals surface area contributed by atoms with Crippen LogP contribution < -0.4 is 10.6 Å². The van der Waals surface area contributed by atoms with Crippen molar-refractivity contribution in [2.75, 3.05) is 11.9 Å². The minimum absolute atomic E-state index is 0.283. The van der Waals surface area contributed by atoms with E-state index in [2.05, 4.69) is 31.5 Å². The molecule has 0 aliphatic carbocycles. The van der Waals surface area contributed by atoms with E-state index in [0.717, 1.165) is 10.3 Å². The number of halogens is 1. The Labute approximate surface area is 155 Å². The first kappa shape index (κ1) is 19.4. The van der Waals surface area contributed by atoms with Crippen molar-refractivity contribution >= 4 is 27.6 Å². The second kappa shape index (κ2) is 9.55. The number of rotatable bonds is 8. The number of ether oxygens (including phenoxy) is 1. The molecule has 2 aromatic rings. The molecular weight excluding hydrogens is 388 g/mol. The monoisotopic (exact) mass is 410 g/mol. The lowest BCUT2D eigenvalue weighted by molar-refractivity contribution is -0.100. The van der Waals surface area contributed by atoms with Gasteiger partial charge in [-0.3, -0.25) is 0 Å². The highest BCUT2D eigenvalue weighted by Crippen LogP contribution is 2.15. The topological polar surface area (TPSA) is 88.4 Å². The molecule has 0 saturated carbocycles. The highest BCUT2D eigenvalue weighted by Gasteiger charge is 2.15. The van der Waals surface area contributed by atoms with E-state index in [1.165, 1.54) is 0 Å². The summed E-state index contributed by atoms with van der Waals surface area (Å²) in [6.07, 6.45) is 3.14. The molecule has 136 valence electrons. The Morgan fingerprint density at radius 3 is 2.80 bits per heavy atom. The van der Waals surface area contributed by atoms with Gasteiger partial charge in [-0.2, -0.15) is 0 Å². The van der Waals surface area contributed by atoms with E-state index in [0.29, 0.717) is 25.3 Å². The smallest absolute Gasteiger partial charge is 0.319 e. The minimum Gasteiger partial charge on any atom is -0.368 e. The average molecular weight is 411 g/mol. The number of amides is 2. The predicted octanol–water partition coefficient (Wildman–Crippen LogP) is 3.27. The second-order valence-corrected chi connectivity index (χ2v) is 6.42. The normalized spacial score (nSPS) is 13.3. The van der Waals surface area contributed by atoms with E-state index in [9.17, 15) is 9.90 Å². The van der Waals surface area contributed by atoms with Crippen LogP contribution in [0.15, 0.2) is 41.1 Å². The van der Waals surface area contributed by atoms with E-state index in [-0.39, 0.29) is 12.1 Å². The van der Waals surface area contributed by atoms with Crippen LogP contribution in [0.4, 0.5) is 10.5 Å². The van der Waals surface area contributed by atoms with Gasteiger partial charge < -0.3 is 25.0 Å². The first-order valence-electron chi connectivity index (χ1n) is 8.13. The van der Waals surface area contributed by atoms with E-state index >= 15 is 0 Å². The van der Waals surface area contributed by atoms with Crippen molar-refractivity contribution in [1.29, 1.82) is 0 Å². The first-order chi connectivity index (χ1) is 12.0. The molecule has 2 rings (SSSR count). The van der Waals surface area contributed by atoms with E-state index in [1.54, 1.807) is 6.20 Å². The van der Waals surface area contributed by atoms with Gasteiger partial charge in [0.1, 0.15) is 5.82 Å². The summed E-state index contributed by atoms with van der Waals surface area (Å²) in [6, 6.07) is 6.74. The second-order valence-electron chi connectivity index (χ2n) is 5.50. The number of nitrogens with one attached hydrogen (secondary N) is 2. The molecule has 1 heterocycles. The van der Waals surface area contributed by atoms with Crippen molar-refractivity contribution in [3.63, 3.8) is 0 Å². The van der Waals surface area contributed by atoms with Crippen LogP contribution in [0.3, 0.4) is 0 Å². The molecule has 0 spiro atoms. The lowest BCUT2D eigenvalue weighted by Crippen LogP contribution is -2.32. The number of aliphatic hydroxyl groups is 1. The summed E-state index contributed by atoms with van der Waals surface area (Å²) in [7, 11) is 0. The third kappa shape index (κ3) is 6.15. The number of nitrogens with zero attached hydrogens (tertiary/aromatic N) is 2. The van der Waals surface area contributed by atoms with E-state index < -0.39 is 6.29 Å². The molecule has 8 heteroatoms. The molecule has 25 heavy (non-hydrogen) atoms. The third-order valence-corrected chi connectivity index (χ3v) is 4.09. The van der Waals surface area contributed by atoms with Crippen LogP contribution in [0.2, 0.25) is 0 Å². The number of hydrogen-bond donors (Lipinski definition) is 3. The summed E-state index contributed by atoms with van der Waals surface area (Å²) in [5, 5.41) is 15.3. The number of carbonyl (C=O) groups is 1. The Hall–Kier alpha value is -1.90. The van der Waals surface area contributed by atoms with E-state index in [1.807, 2.05) is 48.9 Å². The molecule has 0 saturated heterocycles.